The van der Waals surface area contributed by atoms with Gasteiger partial charge < -0.3 is 20.5 Å². The van der Waals surface area contributed by atoms with Crippen LogP contribution in [0, 0.1) is 5.92 Å². The second-order valence-corrected chi connectivity index (χ2v) is 9.77. The van der Waals surface area contributed by atoms with Gasteiger partial charge in [0, 0.05) is 24.0 Å². The number of aromatic amines is 1. The van der Waals surface area contributed by atoms with Gasteiger partial charge in [-0.25, -0.2) is 9.97 Å². The van der Waals surface area contributed by atoms with Gasteiger partial charge in [-0.3, -0.25) is 0 Å². The van der Waals surface area contributed by atoms with Crippen LogP contribution in [0.25, 0.3) is 22.3 Å². The molecule has 2 aromatic heterocycles. The van der Waals surface area contributed by atoms with E-state index in [2.05, 4.69) is 37.4 Å². The van der Waals surface area contributed by atoms with E-state index >= 15 is 0 Å². The zero-order valence-corrected chi connectivity index (χ0v) is 20.0. The summed E-state index contributed by atoms with van der Waals surface area (Å²) in [5.74, 6) is 0.525. The number of nitrogens with zero attached hydrogens (tertiary/aromatic N) is 3. The van der Waals surface area contributed by atoms with Crippen LogP contribution in [0.2, 0.25) is 0 Å². The molecule has 0 spiro atoms. The van der Waals surface area contributed by atoms with Gasteiger partial charge in [0.15, 0.2) is 0 Å². The maximum Gasteiger partial charge on any atom is 0.408 e. The minimum Gasteiger partial charge on any atom is -0.374 e. The first-order chi connectivity index (χ1) is 16.9. The van der Waals surface area contributed by atoms with Gasteiger partial charge in [0.25, 0.3) is 0 Å². The van der Waals surface area contributed by atoms with Crippen molar-refractivity contribution in [2.45, 2.75) is 63.7 Å². The SMILES string of the molecule is CCCCCC1CN1c1ncnc2[nH]c(-c3ccc(NC(C4CCNCC4)C(F)(F)F)cc3)cc12. The molecule has 2 aliphatic heterocycles. The number of nitrogens with one attached hydrogen (secondary N) is 3. The van der Waals surface area contributed by atoms with Crippen LogP contribution in [0.1, 0.15) is 45.4 Å². The number of alkyl halides is 3. The molecule has 1 aromatic carbocycles. The predicted molar refractivity (Wildman–Crippen MR) is 134 cm³/mol. The molecule has 0 saturated carbocycles. The van der Waals surface area contributed by atoms with Crippen molar-refractivity contribution >= 4 is 22.5 Å². The highest BCUT2D eigenvalue weighted by Crippen LogP contribution is 2.37. The summed E-state index contributed by atoms with van der Waals surface area (Å²) in [7, 11) is 0. The minimum atomic E-state index is -4.29. The molecule has 0 amide bonds. The first-order valence-corrected chi connectivity index (χ1v) is 12.7. The number of H-pyrrole nitrogens is 1. The van der Waals surface area contributed by atoms with Crippen molar-refractivity contribution in [3.8, 4) is 11.3 Å². The molecule has 2 fully saturated rings. The number of piperidine rings is 1. The number of benzene rings is 1. The van der Waals surface area contributed by atoms with E-state index < -0.39 is 18.1 Å². The van der Waals surface area contributed by atoms with E-state index in [0.717, 1.165) is 34.7 Å². The second kappa shape index (κ2) is 10.0. The van der Waals surface area contributed by atoms with Crippen molar-refractivity contribution in [3.63, 3.8) is 0 Å². The highest BCUT2D eigenvalue weighted by atomic mass is 19.4. The van der Waals surface area contributed by atoms with Crippen LogP contribution < -0.4 is 15.5 Å². The first-order valence-electron chi connectivity index (χ1n) is 12.7. The van der Waals surface area contributed by atoms with E-state index in [0.29, 0.717) is 37.7 Å². The van der Waals surface area contributed by atoms with Gasteiger partial charge in [-0.2, -0.15) is 13.2 Å². The molecule has 5 rings (SSSR count). The number of unbranched alkanes of at least 4 members (excludes halogenated alkanes) is 2. The van der Waals surface area contributed by atoms with Crippen molar-refractivity contribution in [2.24, 2.45) is 5.92 Å². The summed E-state index contributed by atoms with van der Waals surface area (Å²) in [6.07, 6.45) is 3.22. The standard InChI is InChI=1S/C26H33F3N6/c1-2-3-4-5-20-15-35(20)25-21-14-22(34-24(21)31-16-32-25)17-6-8-19(9-7-17)33-23(26(27,28)29)18-10-12-30-13-11-18/h6-9,14,16,18,20,23,30,33H,2-5,10-13,15H2,1H3,(H,31,32,34). The van der Waals surface area contributed by atoms with E-state index in [9.17, 15) is 13.2 Å². The number of anilines is 2. The quantitative estimate of drug-likeness (QED) is 0.266. The van der Waals surface area contributed by atoms with Crippen molar-refractivity contribution in [3.05, 3.63) is 36.7 Å². The van der Waals surface area contributed by atoms with Crippen molar-refractivity contribution in [1.29, 1.82) is 0 Å². The van der Waals surface area contributed by atoms with Crippen molar-refractivity contribution in [2.75, 3.05) is 29.9 Å². The lowest BCUT2D eigenvalue weighted by molar-refractivity contribution is -0.155. The highest BCUT2D eigenvalue weighted by molar-refractivity contribution is 5.93. The van der Waals surface area contributed by atoms with Gasteiger partial charge in [-0.1, -0.05) is 38.3 Å². The summed E-state index contributed by atoms with van der Waals surface area (Å²) in [5.41, 5.74) is 3.03. The Kier molecular flexibility index (Phi) is 6.86. The highest BCUT2D eigenvalue weighted by Gasteiger charge is 2.44. The van der Waals surface area contributed by atoms with E-state index in [4.69, 9.17) is 0 Å². The molecule has 0 aliphatic carbocycles. The molecule has 2 saturated heterocycles. The van der Waals surface area contributed by atoms with Gasteiger partial charge in [0.1, 0.15) is 23.8 Å². The molecule has 0 radical (unpaired) electrons. The van der Waals surface area contributed by atoms with Crippen LogP contribution in [0.4, 0.5) is 24.7 Å². The Hall–Kier alpha value is -2.81. The molecule has 2 unspecified atom stereocenters. The molecule has 2 aliphatic rings. The number of rotatable bonds is 9. The van der Waals surface area contributed by atoms with Gasteiger partial charge in [0.2, 0.25) is 0 Å². The van der Waals surface area contributed by atoms with Crippen LogP contribution >= 0.6 is 0 Å². The fourth-order valence-corrected chi connectivity index (χ4v) is 5.20. The number of halogens is 3. The summed E-state index contributed by atoms with van der Waals surface area (Å²) in [5, 5.41) is 6.88. The van der Waals surface area contributed by atoms with Crippen LogP contribution in [0.5, 0.6) is 0 Å². The fraction of sp³-hybridized carbons (Fsp3) is 0.538. The molecule has 188 valence electrons. The average Bonchev–Trinajstić information content (AvgIpc) is 3.48. The molecule has 0 bridgehead atoms. The zero-order valence-electron chi connectivity index (χ0n) is 20.0. The summed E-state index contributed by atoms with van der Waals surface area (Å²) in [6.45, 7) is 4.49. The topological polar surface area (TPSA) is 68.6 Å². The van der Waals surface area contributed by atoms with Gasteiger partial charge in [0.05, 0.1) is 5.39 Å². The second-order valence-electron chi connectivity index (χ2n) is 9.77. The van der Waals surface area contributed by atoms with E-state index in [-0.39, 0.29) is 0 Å². The summed E-state index contributed by atoms with van der Waals surface area (Å²) in [4.78, 5) is 14.6. The monoisotopic (exact) mass is 486 g/mol. The maximum atomic E-state index is 13.8. The van der Waals surface area contributed by atoms with Crippen LogP contribution in [-0.2, 0) is 0 Å². The largest absolute Gasteiger partial charge is 0.408 e. The van der Waals surface area contributed by atoms with Crippen molar-refractivity contribution in [1.82, 2.24) is 20.3 Å². The zero-order chi connectivity index (χ0) is 24.4. The number of fused-ring (bicyclic) bond motifs is 1. The lowest BCUT2D eigenvalue weighted by Gasteiger charge is -2.33. The third kappa shape index (κ3) is 5.39. The van der Waals surface area contributed by atoms with E-state index in [1.165, 1.54) is 25.7 Å². The molecular formula is C26H33F3N6. The summed E-state index contributed by atoms with van der Waals surface area (Å²) >= 11 is 0. The van der Waals surface area contributed by atoms with Gasteiger partial charge >= 0.3 is 6.18 Å². The number of hydrogen-bond acceptors (Lipinski definition) is 5. The average molecular weight is 487 g/mol. The van der Waals surface area contributed by atoms with Crippen molar-refractivity contribution < 1.29 is 13.2 Å². The van der Waals surface area contributed by atoms with Crippen LogP contribution in [0.3, 0.4) is 0 Å². The molecule has 3 N–H and O–H groups in total. The Labute approximate surface area is 203 Å². The van der Waals surface area contributed by atoms with E-state index in [1.807, 2.05) is 18.2 Å². The number of hydrogen-bond donors (Lipinski definition) is 3. The van der Waals surface area contributed by atoms with Gasteiger partial charge in [-0.15, -0.1) is 0 Å². The predicted octanol–water partition coefficient (Wildman–Crippen LogP) is 5.74. The molecule has 2 atom stereocenters. The first kappa shape index (κ1) is 23.9. The molecule has 9 heteroatoms. The molecule has 3 aromatic rings. The van der Waals surface area contributed by atoms with E-state index in [1.54, 1.807) is 18.5 Å². The third-order valence-corrected chi connectivity index (χ3v) is 7.26. The molecular weight excluding hydrogens is 453 g/mol. The Morgan fingerprint density at radius 2 is 1.89 bits per heavy atom. The normalized spacial score (nSPS) is 19.8. The van der Waals surface area contributed by atoms with Gasteiger partial charge in [-0.05, 0) is 62.0 Å². The minimum absolute atomic E-state index is 0.426. The summed E-state index contributed by atoms with van der Waals surface area (Å²) < 4.78 is 41.3. The lowest BCUT2D eigenvalue weighted by atomic mass is 9.89. The number of aromatic nitrogens is 3. The Balaban J connectivity index is 1.31. The Morgan fingerprint density at radius 1 is 1.11 bits per heavy atom. The lowest BCUT2D eigenvalue weighted by Crippen LogP contribution is -2.46. The molecule has 35 heavy (non-hydrogen) atoms. The molecule has 4 heterocycles. The third-order valence-electron chi connectivity index (χ3n) is 7.26. The molecule has 6 nitrogen and oxygen atoms in total. The Morgan fingerprint density at radius 3 is 2.60 bits per heavy atom. The maximum absolute atomic E-state index is 13.8. The smallest absolute Gasteiger partial charge is 0.374 e. The summed E-state index contributed by atoms with van der Waals surface area (Å²) in [6, 6.07) is 8.19. The fourth-order valence-electron chi connectivity index (χ4n) is 5.20. The van der Waals surface area contributed by atoms with Crippen LogP contribution in [-0.4, -0.2) is 52.8 Å². The van der Waals surface area contributed by atoms with Crippen LogP contribution in [0.15, 0.2) is 36.7 Å². The Bertz CT molecular complexity index is 1120.